The van der Waals surface area contributed by atoms with Gasteiger partial charge in [-0.15, -0.1) is 0 Å². The Bertz CT molecular complexity index is 1260. The van der Waals surface area contributed by atoms with Crippen LogP contribution in [0.25, 0.3) is 0 Å². The molecule has 2 N–H and O–H groups in total. The molecule has 1 unspecified atom stereocenters. The van der Waals surface area contributed by atoms with Gasteiger partial charge in [0.2, 0.25) is 5.91 Å². The number of amides is 3. The normalized spacial score (nSPS) is 17.5. The minimum atomic E-state index is -0.440. The third-order valence-corrected chi connectivity index (χ3v) is 6.77. The lowest BCUT2D eigenvalue weighted by Crippen LogP contribution is -2.48. The molecule has 0 spiro atoms. The number of nitrogens with one attached hydrogen (secondary N) is 2. The van der Waals surface area contributed by atoms with Crippen LogP contribution in [-0.2, 0) is 22.5 Å². The van der Waals surface area contributed by atoms with E-state index in [9.17, 15) is 19.6 Å². The van der Waals surface area contributed by atoms with Crippen molar-refractivity contribution in [2.45, 2.75) is 32.4 Å². The first-order chi connectivity index (χ1) is 18.3. The Morgan fingerprint density at radius 2 is 2.16 bits per heavy atom. The molecule has 1 saturated heterocycles. The maximum atomic E-state index is 13.4. The highest BCUT2D eigenvalue weighted by Crippen LogP contribution is 2.32. The molecule has 0 bridgehead atoms. The van der Waals surface area contributed by atoms with Crippen molar-refractivity contribution in [1.82, 2.24) is 19.8 Å². The number of carbonyl (C=O) groups is 3. The first kappa shape index (κ1) is 27.0. The third kappa shape index (κ3) is 5.90. The lowest BCUT2D eigenvalue weighted by molar-refractivity contribution is -0.136. The highest BCUT2D eigenvalue weighted by Gasteiger charge is 2.32. The van der Waals surface area contributed by atoms with Gasteiger partial charge >= 0.3 is 6.03 Å². The first-order valence-electron chi connectivity index (χ1n) is 12.5. The standard InChI is InChI=1S/C26H32N8O4/c1-17-4-5-18-10-19(14-33-8-7-32(2)15-24(33)36)22(16-35)30-25(18)34(17)26(37)31-23-11-21(28-6-9-38-3)20(12-27)13-29-23/h10-11,13,16-17H,4-9,14-15H2,1-3H3,(H2,28,29,31,37). The monoisotopic (exact) mass is 520 g/mol. The molecule has 200 valence electrons. The van der Waals surface area contributed by atoms with E-state index in [1.807, 2.05) is 24.9 Å². The van der Waals surface area contributed by atoms with Crippen LogP contribution in [0.5, 0.6) is 0 Å². The van der Waals surface area contributed by atoms with E-state index in [0.29, 0.717) is 74.5 Å². The number of rotatable bonds is 8. The Morgan fingerprint density at radius 3 is 2.87 bits per heavy atom. The van der Waals surface area contributed by atoms with E-state index >= 15 is 0 Å². The average molecular weight is 521 g/mol. The maximum Gasteiger partial charge on any atom is 0.328 e. The predicted octanol–water partition coefficient (Wildman–Crippen LogP) is 1.87. The molecule has 1 atom stereocenters. The van der Waals surface area contributed by atoms with Gasteiger partial charge in [0.1, 0.15) is 23.4 Å². The lowest BCUT2D eigenvalue weighted by Gasteiger charge is -2.35. The number of ether oxygens (including phenoxy) is 1. The molecule has 2 aliphatic heterocycles. The third-order valence-electron chi connectivity index (χ3n) is 6.77. The number of aromatic nitrogens is 2. The van der Waals surface area contributed by atoms with Gasteiger partial charge in [0.15, 0.2) is 6.29 Å². The summed E-state index contributed by atoms with van der Waals surface area (Å²) in [7, 11) is 3.49. The number of aldehydes is 1. The number of carbonyl (C=O) groups excluding carboxylic acids is 3. The van der Waals surface area contributed by atoms with Gasteiger partial charge in [0.05, 0.1) is 24.4 Å². The molecule has 0 radical (unpaired) electrons. The molecule has 2 aromatic rings. The van der Waals surface area contributed by atoms with Crippen molar-refractivity contribution in [3.8, 4) is 6.07 Å². The largest absolute Gasteiger partial charge is 0.383 e. The number of hydrogen-bond donors (Lipinski definition) is 2. The summed E-state index contributed by atoms with van der Waals surface area (Å²) in [5.74, 6) is 0.701. The summed E-state index contributed by atoms with van der Waals surface area (Å²) in [6, 6.07) is 4.96. The summed E-state index contributed by atoms with van der Waals surface area (Å²) in [5, 5.41) is 15.3. The summed E-state index contributed by atoms with van der Waals surface area (Å²) in [4.78, 5) is 51.9. The molecular formula is C26H32N8O4. The van der Waals surface area contributed by atoms with Crippen LogP contribution in [0.3, 0.4) is 0 Å². The van der Waals surface area contributed by atoms with Crippen molar-refractivity contribution in [3.63, 3.8) is 0 Å². The second kappa shape index (κ2) is 12.0. The fourth-order valence-electron chi connectivity index (χ4n) is 4.64. The molecule has 0 aromatic carbocycles. The van der Waals surface area contributed by atoms with Gasteiger partial charge in [-0.05, 0) is 38.4 Å². The van der Waals surface area contributed by atoms with E-state index in [-0.39, 0.29) is 23.5 Å². The van der Waals surface area contributed by atoms with Crippen LogP contribution in [0.2, 0.25) is 0 Å². The summed E-state index contributed by atoms with van der Waals surface area (Å²) in [6.45, 7) is 4.84. The smallest absolute Gasteiger partial charge is 0.328 e. The van der Waals surface area contributed by atoms with Crippen LogP contribution in [0, 0.1) is 11.3 Å². The van der Waals surface area contributed by atoms with Gasteiger partial charge in [-0.3, -0.25) is 24.7 Å². The van der Waals surface area contributed by atoms with E-state index in [0.717, 1.165) is 12.1 Å². The van der Waals surface area contributed by atoms with E-state index in [2.05, 4.69) is 26.7 Å². The molecule has 0 aliphatic carbocycles. The van der Waals surface area contributed by atoms with Crippen molar-refractivity contribution in [2.24, 2.45) is 0 Å². The summed E-state index contributed by atoms with van der Waals surface area (Å²) in [5.41, 5.74) is 2.61. The number of likely N-dealkylation sites (N-methyl/N-ethyl adjacent to an activating group) is 1. The first-order valence-corrected chi connectivity index (χ1v) is 12.5. The number of methoxy groups -OCH3 is 1. The number of urea groups is 1. The fourth-order valence-corrected chi connectivity index (χ4v) is 4.64. The second-order valence-corrected chi connectivity index (χ2v) is 9.52. The zero-order chi connectivity index (χ0) is 27.2. The van der Waals surface area contributed by atoms with E-state index in [1.165, 1.54) is 11.1 Å². The lowest BCUT2D eigenvalue weighted by atomic mass is 9.97. The van der Waals surface area contributed by atoms with Crippen molar-refractivity contribution in [1.29, 1.82) is 5.26 Å². The van der Waals surface area contributed by atoms with Gasteiger partial charge < -0.3 is 15.0 Å². The van der Waals surface area contributed by atoms with Crippen molar-refractivity contribution in [3.05, 3.63) is 40.7 Å². The summed E-state index contributed by atoms with van der Waals surface area (Å²) in [6.07, 6.45) is 3.47. The quantitative estimate of drug-likeness (QED) is 0.394. The molecule has 38 heavy (non-hydrogen) atoms. The molecule has 1 fully saturated rings. The molecule has 0 saturated carbocycles. The number of nitriles is 1. The van der Waals surface area contributed by atoms with E-state index in [4.69, 9.17) is 4.74 Å². The molecule has 12 nitrogen and oxygen atoms in total. The fraction of sp³-hybridized carbons (Fsp3) is 0.462. The second-order valence-electron chi connectivity index (χ2n) is 9.52. The van der Waals surface area contributed by atoms with Gasteiger partial charge in [0.25, 0.3) is 0 Å². The summed E-state index contributed by atoms with van der Waals surface area (Å²) < 4.78 is 5.05. The van der Waals surface area contributed by atoms with Gasteiger partial charge in [-0.1, -0.05) is 0 Å². The van der Waals surface area contributed by atoms with Crippen LogP contribution < -0.4 is 15.5 Å². The average Bonchev–Trinajstić information content (AvgIpc) is 2.90. The Balaban J connectivity index is 1.57. The topological polar surface area (TPSA) is 144 Å². The summed E-state index contributed by atoms with van der Waals surface area (Å²) >= 11 is 0. The minimum Gasteiger partial charge on any atom is -0.383 e. The van der Waals surface area contributed by atoms with Crippen LogP contribution in [-0.4, -0.2) is 91.0 Å². The molecular weight excluding hydrogens is 488 g/mol. The van der Waals surface area contributed by atoms with Gasteiger partial charge in [0, 0.05) is 57.2 Å². The molecule has 2 aliphatic rings. The number of anilines is 3. The van der Waals surface area contributed by atoms with Crippen LogP contribution in [0.4, 0.5) is 22.1 Å². The van der Waals surface area contributed by atoms with Crippen LogP contribution >= 0.6 is 0 Å². The molecule has 4 heterocycles. The van der Waals surface area contributed by atoms with Crippen LogP contribution in [0.1, 0.15) is 40.5 Å². The molecule has 4 rings (SSSR count). The Kier molecular flexibility index (Phi) is 8.50. The SMILES string of the molecule is COCCNc1cc(NC(=O)N2c3nc(C=O)c(CN4CCN(C)CC4=O)cc3CCC2C)ncc1C#N. The van der Waals surface area contributed by atoms with Gasteiger partial charge in [-0.2, -0.15) is 5.26 Å². The zero-order valence-corrected chi connectivity index (χ0v) is 21.9. The van der Waals surface area contributed by atoms with Crippen LogP contribution in [0.15, 0.2) is 18.3 Å². The number of piperazine rings is 1. The molecule has 2 aromatic heterocycles. The number of hydrogen-bond acceptors (Lipinski definition) is 9. The van der Waals surface area contributed by atoms with Crippen molar-refractivity contribution >= 4 is 35.5 Å². The maximum absolute atomic E-state index is 13.4. The molecule has 12 heteroatoms. The van der Waals surface area contributed by atoms with Crippen molar-refractivity contribution < 1.29 is 19.1 Å². The Morgan fingerprint density at radius 1 is 1.34 bits per heavy atom. The highest BCUT2D eigenvalue weighted by atomic mass is 16.5. The predicted molar refractivity (Wildman–Crippen MR) is 141 cm³/mol. The van der Waals surface area contributed by atoms with E-state index in [1.54, 1.807) is 18.1 Å². The number of fused-ring (bicyclic) bond motifs is 1. The van der Waals surface area contributed by atoms with Gasteiger partial charge in [-0.25, -0.2) is 14.8 Å². The zero-order valence-electron chi connectivity index (χ0n) is 21.9. The highest BCUT2D eigenvalue weighted by molar-refractivity contribution is 6.02. The number of nitrogens with zero attached hydrogens (tertiary/aromatic N) is 6. The van der Waals surface area contributed by atoms with E-state index < -0.39 is 6.03 Å². The number of aryl methyl sites for hydroxylation is 1. The Labute approximate surface area is 221 Å². The number of pyridine rings is 2. The Hall–Kier alpha value is -4.08. The minimum absolute atomic E-state index is 0.00828. The molecule has 3 amide bonds. The van der Waals surface area contributed by atoms with Crippen molar-refractivity contribution in [2.75, 3.05) is 62.5 Å².